The van der Waals surface area contributed by atoms with Gasteiger partial charge in [0, 0.05) is 24.2 Å². The molecular formula is C20H23FN6OS. The van der Waals surface area contributed by atoms with Gasteiger partial charge in [0.25, 0.3) is 5.91 Å². The lowest BCUT2D eigenvalue weighted by Gasteiger charge is -2.18. The van der Waals surface area contributed by atoms with Crippen molar-refractivity contribution in [3.8, 4) is 0 Å². The zero-order chi connectivity index (χ0) is 20.5. The fourth-order valence-corrected chi connectivity index (χ4v) is 4.49. The molecule has 0 aliphatic carbocycles. The Hall–Kier alpha value is -2.65. The quantitative estimate of drug-likeness (QED) is 0.666. The summed E-state index contributed by atoms with van der Waals surface area (Å²) in [6, 6.07) is 3.10. The van der Waals surface area contributed by atoms with Gasteiger partial charge in [-0.2, -0.15) is 0 Å². The summed E-state index contributed by atoms with van der Waals surface area (Å²) in [5.41, 5.74) is 7.57. The minimum Gasteiger partial charge on any atom is -0.348 e. The highest BCUT2D eigenvalue weighted by Gasteiger charge is 2.29. The second-order valence-electron chi connectivity index (χ2n) is 7.41. The van der Waals surface area contributed by atoms with Gasteiger partial charge in [-0.15, -0.1) is 11.3 Å². The van der Waals surface area contributed by atoms with E-state index in [0.717, 1.165) is 27.7 Å². The molecular weight excluding hydrogens is 391 g/mol. The highest BCUT2D eigenvalue weighted by molar-refractivity contribution is 7.19. The fourth-order valence-electron chi connectivity index (χ4n) is 3.56. The molecule has 3 aromatic heterocycles. The van der Waals surface area contributed by atoms with Crippen LogP contribution in [0.25, 0.3) is 10.2 Å². The third-order valence-corrected chi connectivity index (χ3v) is 6.22. The first kappa shape index (κ1) is 19.7. The van der Waals surface area contributed by atoms with E-state index in [1.54, 1.807) is 6.20 Å². The van der Waals surface area contributed by atoms with Crippen LogP contribution in [-0.2, 0) is 0 Å². The van der Waals surface area contributed by atoms with Crippen molar-refractivity contribution >= 4 is 33.4 Å². The molecule has 4 rings (SSSR count). The summed E-state index contributed by atoms with van der Waals surface area (Å²) >= 11 is 1.51. The van der Waals surface area contributed by atoms with Gasteiger partial charge in [0.05, 0.1) is 22.5 Å². The van der Waals surface area contributed by atoms with E-state index >= 15 is 0 Å². The number of fused-ring (bicyclic) bond motifs is 1. The Morgan fingerprint density at radius 2 is 2.24 bits per heavy atom. The van der Waals surface area contributed by atoms with E-state index in [1.807, 2.05) is 24.8 Å². The van der Waals surface area contributed by atoms with Crippen molar-refractivity contribution in [1.29, 1.82) is 0 Å². The molecule has 3 aromatic rings. The molecule has 3 N–H and O–H groups in total. The molecule has 1 aliphatic heterocycles. The number of anilines is 1. The fraction of sp³-hybridized carbons (Fsp3) is 0.400. The van der Waals surface area contributed by atoms with Crippen LogP contribution in [0.2, 0.25) is 0 Å². The molecule has 152 valence electrons. The lowest BCUT2D eigenvalue weighted by atomic mass is 10.1. The van der Waals surface area contributed by atoms with Crippen molar-refractivity contribution in [2.45, 2.75) is 26.3 Å². The maximum atomic E-state index is 13.5. The zero-order valence-corrected chi connectivity index (χ0v) is 17.2. The summed E-state index contributed by atoms with van der Waals surface area (Å²) in [4.78, 5) is 29.1. The minimum absolute atomic E-state index is 0.0988. The van der Waals surface area contributed by atoms with Gasteiger partial charge in [0.2, 0.25) is 5.95 Å². The Bertz CT molecular complexity index is 1050. The van der Waals surface area contributed by atoms with Gasteiger partial charge >= 0.3 is 0 Å². The Balaban J connectivity index is 1.66. The van der Waals surface area contributed by atoms with Crippen molar-refractivity contribution in [3.63, 3.8) is 0 Å². The first-order valence-corrected chi connectivity index (χ1v) is 10.4. The monoisotopic (exact) mass is 414 g/mol. The van der Waals surface area contributed by atoms with Gasteiger partial charge in [-0.1, -0.05) is 0 Å². The molecule has 0 saturated carbocycles. The molecule has 0 radical (unpaired) electrons. The molecule has 0 spiro atoms. The molecule has 1 aliphatic rings. The SMILES string of the molecule is Cc1cc2nc(N[C@@H](C)c3cncc(F)c3)nc(C(=O)N3CC[C@H](CN)C3)c2s1. The summed E-state index contributed by atoms with van der Waals surface area (Å²) in [7, 11) is 0. The van der Waals surface area contributed by atoms with Crippen molar-refractivity contribution in [2.75, 3.05) is 25.0 Å². The summed E-state index contributed by atoms with van der Waals surface area (Å²) in [6.45, 7) is 5.77. The molecule has 0 aromatic carbocycles. The number of carbonyl (C=O) groups excluding carboxylic acids is 1. The van der Waals surface area contributed by atoms with Crippen LogP contribution in [0.4, 0.5) is 10.3 Å². The maximum absolute atomic E-state index is 13.5. The van der Waals surface area contributed by atoms with Gasteiger partial charge in [0.1, 0.15) is 5.82 Å². The third kappa shape index (κ3) is 4.06. The van der Waals surface area contributed by atoms with E-state index in [-0.39, 0.29) is 11.9 Å². The van der Waals surface area contributed by atoms with E-state index in [2.05, 4.69) is 20.3 Å². The van der Waals surface area contributed by atoms with Gasteiger partial charge in [-0.05, 0) is 50.4 Å². The molecule has 7 nitrogen and oxygen atoms in total. The number of hydrogen-bond acceptors (Lipinski definition) is 7. The molecule has 1 fully saturated rings. The van der Waals surface area contributed by atoms with Crippen LogP contribution in [0.5, 0.6) is 0 Å². The number of hydrogen-bond donors (Lipinski definition) is 2. The van der Waals surface area contributed by atoms with Crippen LogP contribution >= 0.6 is 11.3 Å². The number of thiophene rings is 1. The first-order chi connectivity index (χ1) is 13.9. The number of rotatable bonds is 5. The van der Waals surface area contributed by atoms with Crippen LogP contribution in [0.3, 0.4) is 0 Å². The van der Waals surface area contributed by atoms with Crippen molar-refractivity contribution in [2.24, 2.45) is 11.7 Å². The van der Waals surface area contributed by atoms with Crippen molar-refractivity contribution in [3.05, 3.63) is 46.5 Å². The van der Waals surface area contributed by atoms with E-state index in [9.17, 15) is 9.18 Å². The number of likely N-dealkylation sites (tertiary alicyclic amines) is 1. The number of amides is 1. The second-order valence-corrected chi connectivity index (χ2v) is 8.67. The van der Waals surface area contributed by atoms with E-state index in [0.29, 0.717) is 42.8 Å². The Labute approximate surface area is 172 Å². The minimum atomic E-state index is -0.402. The number of nitrogens with two attached hydrogens (primary N) is 1. The topological polar surface area (TPSA) is 97.0 Å². The molecule has 0 unspecified atom stereocenters. The Kier molecular flexibility index (Phi) is 5.42. The van der Waals surface area contributed by atoms with Crippen LogP contribution in [0.1, 0.15) is 40.3 Å². The van der Waals surface area contributed by atoms with Gasteiger partial charge < -0.3 is 16.0 Å². The average Bonchev–Trinajstić information content (AvgIpc) is 3.32. The van der Waals surface area contributed by atoms with Gasteiger partial charge in [-0.25, -0.2) is 14.4 Å². The first-order valence-electron chi connectivity index (χ1n) is 9.59. The zero-order valence-electron chi connectivity index (χ0n) is 16.4. The lowest BCUT2D eigenvalue weighted by Crippen LogP contribution is -2.30. The number of carbonyl (C=O) groups is 1. The number of nitrogens with zero attached hydrogens (tertiary/aromatic N) is 4. The molecule has 1 amide bonds. The number of aryl methyl sites for hydroxylation is 1. The highest BCUT2D eigenvalue weighted by atomic mass is 32.1. The summed E-state index contributed by atoms with van der Waals surface area (Å²) in [5, 5.41) is 3.18. The van der Waals surface area contributed by atoms with E-state index < -0.39 is 5.82 Å². The predicted molar refractivity (Wildman–Crippen MR) is 111 cm³/mol. The van der Waals surface area contributed by atoms with Gasteiger partial charge in [0.15, 0.2) is 5.69 Å². The molecule has 0 bridgehead atoms. The smallest absolute Gasteiger partial charge is 0.274 e. The molecule has 29 heavy (non-hydrogen) atoms. The van der Waals surface area contributed by atoms with E-state index in [1.165, 1.54) is 17.4 Å². The second kappa shape index (κ2) is 8.00. The highest BCUT2D eigenvalue weighted by Crippen LogP contribution is 2.30. The molecule has 2 atom stereocenters. The standard InChI is InChI=1S/C20H23FN6OS/c1-11-5-16-18(29-11)17(19(28)27-4-3-13(7-22)10-27)26-20(25-16)24-12(2)14-6-15(21)9-23-8-14/h5-6,8-9,12-13H,3-4,7,10,22H2,1-2H3,(H,24,25,26)/t12-,13+/m0/s1. The van der Waals surface area contributed by atoms with Crippen LogP contribution in [0, 0.1) is 18.7 Å². The molecule has 9 heteroatoms. The van der Waals surface area contributed by atoms with Crippen LogP contribution in [-0.4, -0.2) is 45.4 Å². The van der Waals surface area contributed by atoms with Gasteiger partial charge in [-0.3, -0.25) is 9.78 Å². The Morgan fingerprint density at radius 1 is 1.41 bits per heavy atom. The van der Waals surface area contributed by atoms with Crippen LogP contribution < -0.4 is 11.1 Å². The lowest BCUT2D eigenvalue weighted by molar-refractivity contribution is 0.0784. The normalized spacial score (nSPS) is 17.7. The number of pyridine rings is 1. The summed E-state index contributed by atoms with van der Waals surface area (Å²) < 4.78 is 14.3. The average molecular weight is 415 g/mol. The summed E-state index contributed by atoms with van der Waals surface area (Å²) in [5.74, 6) is 0.170. The number of nitrogens with one attached hydrogen (secondary N) is 1. The number of aromatic nitrogens is 3. The third-order valence-electron chi connectivity index (χ3n) is 5.18. The van der Waals surface area contributed by atoms with Crippen LogP contribution in [0.15, 0.2) is 24.5 Å². The largest absolute Gasteiger partial charge is 0.348 e. The maximum Gasteiger partial charge on any atom is 0.274 e. The predicted octanol–water partition coefficient (Wildman–Crippen LogP) is 3.13. The van der Waals surface area contributed by atoms with E-state index in [4.69, 9.17) is 5.73 Å². The molecule has 4 heterocycles. The summed E-state index contributed by atoms with van der Waals surface area (Å²) in [6.07, 6.45) is 3.67. The van der Waals surface area contributed by atoms with Crippen molar-refractivity contribution in [1.82, 2.24) is 19.9 Å². The van der Waals surface area contributed by atoms with Crippen molar-refractivity contribution < 1.29 is 9.18 Å². The Morgan fingerprint density at radius 3 is 2.97 bits per heavy atom. The number of halogens is 1. The molecule has 1 saturated heterocycles.